The Morgan fingerprint density at radius 3 is 1.28 bits per heavy atom. The number of aromatic nitrogens is 2. The van der Waals surface area contributed by atoms with E-state index in [1.807, 2.05) is 78.9 Å². The summed E-state index contributed by atoms with van der Waals surface area (Å²) >= 11 is 0. The third-order valence-electron chi connectivity index (χ3n) is 8.44. The first kappa shape index (κ1) is 26.0. The number of nitrogens with zero attached hydrogens (tertiary/aromatic N) is 2. The van der Waals surface area contributed by atoms with Crippen LogP contribution in [0.25, 0.3) is 44.8 Å². The highest BCUT2D eigenvalue weighted by molar-refractivity contribution is 5.90. The number of benzene rings is 6. The molecule has 2 N–H and O–H groups in total. The van der Waals surface area contributed by atoms with Crippen LogP contribution < -0.4 is 20.1 Å². The number of anilines is 4. The van der Waals surface area contributed by atoms with Crippen molar-refractivity contribution in [1.29, 1.82) is 0 Å². The Balaban J connectivity index is 0.976. The van der Waals surface area contributed by atoms with Gasteiger partial charge in [-0.05, 0) is 53.6 Å². The third kappa shape index (κ3) is 4.52. The molecule has 0 fully saturated rings. The standard InChI is InChI=1S/C40H26N4O2/c1-3-11-35-31(9-1)43-39-29(7-5-13-37(39)45-35)25-15-19-27(20-16-25)33-23-34(42-24-41-33)28-21-17-26(18-22-28)30-8-6-14-38-40(30)44-32-10-2-4-12-36(32)46-38/h1-24,43-44H. The summed E-state index contributed by atoms with van der Waals surface area (Å²) in [6.45, 7) is 0. The van der Waals surface area contributed by atoms with Crippen molar-refractivity contribution in [2.45, 2.75) is 0 Å². The van der Waals surface area contributed by atoms with Gasteiger partial charge in [-0.15, -0.1) is 0 Å². The average Bonchev–Trinajstić information content (AvgIpc) is 3.13. The maximum Gasteiger partial charge on any atom is 0.151 e. The van der Waals surface area contributed by atoms with E-state index in [1.54, 1.807) is 6.33 Å². The van der Waals surface area contributed by atoms with Crippen LogP contribution in [0.3, 0.4) is 0 Å². The highest BCUT2D eigenvalue weighted by Crippen LogP contribution is 2.48. The molecule has 46 heavy (non-hydrogen) atoms. The zero-order valence-corrected chi connectivity index (χ0v) is 24.6. The monoisotopic (exact) mass is 594 g/mol. The molecule has 2 aliphatic heterocycles. The summed E-state index contributed by atoms with van der Waals surface area (Å²) in [5.41, 5.74) is 11.9. The molecule has 6 heteroatoms. The van der Waals surface area contributed by atoms with E-state index in [0.29, 0.717) is 0 Å². The maximum absolute atomic E-state index is 6.17. The molecule has 3 heterocycles. The second kappa shape index (κ2) is 10.6. The Kier molecular flexibility index (Phi) is 6.03. The van der Waals surface area contributed by atoms with Gasteiger partial charge in [0.25, 0.3) is 0 Å². The molecule has 2 aliphatic rings. The van der Waals surface area contributed by atoms with Crippen LogP contribution in [0.2, 0.25) is 0 Å². The van der Waals surface area contributed by atoms with E-state index < -0.39 is 0 Å². The van der Waals surface area contributed by atoms with Gasteiger partial charge >= 0.3 is 0 Å². The summed E-state index contributed by atoms with van der Waals surface area (Å²) in [7, 11) is 0. The molecule has 0 amide bonds. The molecular weight excluding hydrogens is 568 g/mol. The number of hydrogen-bond donors (Lipinski definition) is 2. The van der Waals surface area contributed by atoms with Crippen molar-refractivity contribution < 1.29 is 9.47 Å². The number of para-hydroxylation sites is 6. The minimum Gasteiger partial charge on any atom is -0.453 e. The van der Waals surface area contributed by atoms with Gasteiger partial charge in [-0.25, -0.2) is 9.97 Å². The van der Waals surface area contributed by atoms with Gasteiger partial charge < -0.3 is 20.1 Å². The van der Waals surface area contributed by atoms with Crippen molar-refractivity contribution in [3.05, 3.63) is 146 Å². The Bertz CT molecular complexity index is 2110. The minimum atomic E-state index is 0.814. The van der Waals surface area contributed by atoms with E-state index >= 15 is 0 Å². The van der Waals surface area contributed by atoms with E-state index in [0.717, 1.165) is 90.5 Å². The second-order valence-electron chi connectivity index (χ2n) is 11.2. The molecule has 0 atom stereocenters. The fourth-order valence-corrected chi connectivity index (χ4v) is 6.11. The molecule has 0 saturated carbocycles. The van der Waals surface area contributed by atoms with Gasteiger partial charge in [0.1, 0.15) is 6.33 Å². The predicted molar refractivity (Wildman–Crippen MR) is 183 cm³/mol. The number of rotatable bonds is 4. The lowest BCUT2D eigenvalue weighted by Crippen LogP contribution is -2.04. The molecule has 0 spiro atoms. The zero-order valence-electron chi connectivity index (χ0n) is 24.6. The Morgan fingerprint density at radius 2 is 0.804 bits per heavy atom. The lowest BCUT2D eigenvalue weighted by atomic mass is 9.98. The van der Waals surface area contributed by atoms with Crippen molar-refractivity contribution in [1.82, 2.24) is 9.97 Å². The molecule has 6 aromatic carbocycles. The third-order valence-corrected chi connectivity index (χ3v) is 8.44. The van der Waals surface area contributed by atoms with Gasteiger partial charge in [0.15, 0.2) is 23.0 Å². The first-order chi connectivity index (χ1) is 22.8. The Morgan fingerprint density at radius 1 is 0.391 bits per heavy atom. The van der Waals surface area contributed by atoms with Crippen LogP contribution in [0.1, 0.15) is 0 Å². The van der Waals surface area contributed by atoms with Gasteiger partial charge in [0, 0.05) is 22.3 Å². The van der Waals surface area contributed by atoms with E-state index in [4.69, 9.17) is 9.47 Å². The largest absolute Gasteiger partial charge is 0.453 e. The van der Waals surface area contributed by atoms with Gasteiger partial charge in [-0.3, -0.25) is 0 Å². The molecular formula is C40H26N4O2. The summed E-state index contributed by atoms with van der Waals surface area (Å²) in [5.74, 6) is 3.28. The summed E-state index contributed by atoms with van der Waals surface area (Å²) in [5, 5.41) is 7.11. The van der Waals surface area contributed by atoms with Crippen molar-refractivity contribution in [2.24, 2.45) is 0 Å². The molecule has 9 rings (SSSR count). The number of ether oxygens (including phenoxy) is 2. The highest BCUT2D eigenvalue weighted by atomic mass is 16.5. The van der Waals surface area contributed by atoms with Crippen LogP contribution in [-0.4, -0.2) is 9.97 Å². The lowest BCUT2D eigenvalue weighted by Gasteiger charge is -2.24. The van der Waals surface area contributed by atoms with Crippen LogP contribution in [0.4, 0.5) is 22.7 Å². The van der Waals surface area contributed by atoms with Crippen molar-refractivity contribution in [3.63, 3.8) is 0 Å². The minimum absolute atomic E-state index is 0.814. The van der Waals surface area contributed by atoms with Crippen LogP contribution in [-0.2, 0) is 0 Å². The smallest absolute Gasteiger partial charge is 0.151 e. The molecule has 7 aromatic rings. The summed E-state index contributed by atoms with van der Waals surface area (Å²) in [6.07, 6.45) is 1.63. The first-order valence-corrected chi connectivity index (χ1v) is 15.1. The van der Waals surface area contributed by atoms with Gasteiger partial charge in [0.05, 0.1) is 34.1 Å². The molecule has 0 unspecified atom stereocenters. The SMILES string of the molecule is c1ccc2c(c1)Nc1c(cccc1-c1ccc(-c3cc(-c4ccc(-c5cccc6c5Nc5ccccc5O6)cc4)ncn3)cc1)O2. The van der Waals surface area contributed by atoms with Crippen molar-refractivity contribution in [2.75, 3.05) is 10.6 Å². The van der Waals surface area contributed by atoms with Gasteiger partial charge in [-0.2, -0.15) is 0 Å². The zero-order chi connectivity index (χ0) is 30.5. The molecule has 218 valence electrons. The predicted octanol–water partition coefficient (Wildman–Crippen LogP) is 10.8. The molecule has 0 saturated heterocycles. The summed E-state index contributed by atoms with van der Waals surface area (Å²) in [6, 6.07) is 47.2. The summed E-state index contributed by atoms with van der Waals surface area (Å²) in [4.78, 5) is 9.20. The van der Waals surface area contributed by atoms with E-state index in [1.165, 1.54) is 0 Å². The Labute approximate surface area is 266 Å². The first-order valence-electron chi connectivity index (χ1n) is 15.1. The topological polar surface area (TPSA) is 68.3 Å². The number of hydrogen-bond acceptors (Lipinski definition) is 6. The van der Waals surface area contributed by atoms with Crippen molar-refractivity contribution in [3.8, 4) is 67.8 Å². The quantitative estimate of drug-likeness (QED) is 0.211. The fourth-order valence-electron chi connectivity index (χ4n) is 6.11. The molecule has 0 radical (unpaired) electrons. The average molecular weight is 595 g/mol. The van der Waals surface area contributed by atoms with Crippen LogP contribution in [0, 0.1) is 0 Å². The van der Waals surface area contributed by atoms with E-state index in [-0.39, 0.29) is 0 Å². The number of fused-ring (bicyclic) bond motifs is 4. The number of nitrogens with one attached hydrogen (secondary N) is 2. The fraction of sp³-hybridized carbons (Fsp3) is 0. The normalized spacial score (nSPS) is 12.2. The Hall–Kier alpha value is -6.40. The lowest BCUT2D eigenvalue weighted by molar-refractivity contribution is 0.481. The molecule has 1 aromatic heterocycles. The van der Waals surface area contributed by atoms with E-state index in [9.17, 15) is 0 Å². The van der Waals surface area contributed by atoms with Crippen molar-refractivity contribution >= 4 is 22.7 Å². The second-order valence-corrected chi connectivity index (χ2v) is 11.2. The van der Waals surface area contributed by atoms with Gasteiger partial charge in [0.2, 0.25) is 0 Å². The molecule has 6 nitrogen and oxygen atoms in total. The summed E-state index contributed by atoms with van der Waals surface area (Å²) < 4.78 is 12.3. The maximum atomic E-state index is 6.17. The van der Waals surface area contributed by atoms with E-state index in [2.05, 4.69) is 81.3 Å². The van der Waals surface area contributed by atoms with Crippen LogP contribution >= 0.6 is 0 Å². The van der Waals surface area contributed by atoms with Crippen LogP contribution in [0.15, 0.2) is 146 Å². The molecule has 0 aliphatic carbocycles. The van der Waals surface area contributed by atoms with Crippen LogP contribution in [0.5, 0.6) is 23.0 Å². The highest BCUT2D eigenvalue weighted by Gasteiger charge is 2.21. The molecule has 0 bridgehead atoms. The van der Waals surface area contributed by atoms with Gasteiger partial charge in [-0.1, -0.05) is 97.1 Å².